The zero-order valence-electron chi connectivity index (χ0n) is 9.82. The van der Waals surface area contributed by atoms with Crippen LogP contribution in [0.3, 0.4) is 0 Å². The van der Waals surface area contributed by atoms with Crippen LogP contribution < -0.4 is 0 Å². The molecule has 0 atom stereocenters. The smallest absolute Gasteiger partial charge is 0.252 e. The van der Waals surface area contributed by atoms with Gasteiger partial charge in [-0.05, 0) is 29.7 Å². The maximum absolute atomic E-state index is 4.23. The summed E-state index contributed by atoms with van der Waals surface area (Å²) in [7, 11) is 0. The molecule has 0 saturated carbocycles. The van der Waals surface area contributed by atoms with Gasteiger partial charge in [0.05, 0.1) is 17.2 Å². The molecule has 0 radical (unpaired) electrons. The van der Waals surface area contributed by atoms with E-state index in [1.54, 1.807) is 22.0 Å². The summed E-state index contributed by atoms with van der Waals surface area (Å²) in [6, 6.07) is 6.17. The van der Waals surface area contributed by atoms with Crippen LogP contribution in [-0.4, -0.2) is 24.6 Å². The highest BCUT2D eigenvalue weighted by Crippen LogP contribution is 2.18. The molecule has 5 nitrogen and oxygen atoms in total. The maximum Gasteiger partial charge on any atom is 0.252 e. The summed E-state index contributed by atoms with van der Waals surface area (Å²) >= 11 is 1.71. The minimum atomic E-state index is 0.611. The zero-order valence-corrected chi connectivity index (χ0v) is 10.6. The molecule has 1 N–H and O–H groups in total. The van der Waals surface area contributed by atoms with E-state index >= 15 is 0 Å². The van der Waals surface area contributed by atoms with E-state index in [1.165, 1.54) is 11.2 Å². The van der Waals surface area contributed by atoms with Crippen molar-refractivity contribution in [3.63, 3.8) is 0 Å². The lowest BCUT2D eigenvalue weighted by atomic mass is 10.3. The first-order chi connectivity index (χ1) is 9.40. The third-order valence-electron chi connectivity index (χ3n) is 2.88. The number of nitrogens with zero attached hydrogens (tertiary/aromatic N) is 4. The summed E-state index contributed by atoms with van der Waals surface area (Å²) < 4.78 is 1.73. The first-order valence-corrected chi connectivity index (χ1v) is 6.67. The zero-order chi connectivity index (χ0) is 12.7. The molecular formula is C13H9N5S. The average molecular weight is 267 g/mol. The van der Waals surface area contributed by atoms with Gasteiger partial charge in [-0.1, -0.05) is 6.07 Å². The Labute approximate surface area is 112 Å². The fourth-order valence-electron chi connectivity index (χ4n) is 2.02. The van der Waals surface area contributed by atoms with Gasteiger partial charge in [0.2, 0.25) is 0 Å². The number of H-pyrrole nitrogens is 1. The molecule has 92 valence electrons. The van der Waals surface area contributed by atoms with E-state index < -0.39 is 0 Å². The van der Waals surface area contributed by atoms with Gasteiger partial charge >= 0.3 is 0 Å². The van der Waals surface area contributed by atoms with Crippen LogP contribution >= 0.6 is 11.3 Å². The summed E-state index contributed by atoms with van der Waals surface area (Å²) in [5.41, 5.74) is 2.95. The molecule has 0 aliphatic heterocycles. The van der Waals surface area contributed by atoms with Crippen molar-refractivity contribution in [3.05, 3.63) is 46.7 Å². The molecule has 0 aliphatic rings. The number of nitrogens with one attached hydrogen (secondary N) is 1. The molecule has 4 aromatic heterocycles. The molecule has 0 bridgehead atoms. The Morgan fingerprint density at radius 2 is 2.26 bits per heavy atom. The number of thiophene rings is 1. The molecular weight excluding hydrogens is 258 g/mol. The molecule has 4 aromatic rings. The maximum atomic E-state index is 4.23. The molecule has 0 aromatic carbocycles. The molecule has 0 aliphatic carbocycles. The molecule has 4 heterocycles. The third-order valence-corrected chi connectivity index (χ3v) is 3.72. The predicted molar refractivity (Wildman–Crippen MR) is 75.9 cm³/mol. The highest BCUT2D eigenvalue weighted by Gasteiger charge is 2.05. The van der Waals surface area contributed by atoms with Gasteiger partial charge in [-0.25, -0.2) is 4.98 Å². The Morgan fingerprint density at radius 1 is 1.26 bits per heavy atom. The molecule has 0 saturated heterocycles. The Balaban J connectivity index is 1.83. The van der Waals surface area contributed by atoms with E-state index in [1.807, 2.05) is 12.1 Å². The van der Waals surface area contributed by atoms with Gasteiger partial charge in [-0.2, -0.15) is 14.6 Å². The van der Waals surface area contributed by atoms with E-state index in [0.717, 1.165) is 16.7 Å². The second kappa shape index (κ2) is 4.03. The van der Waals surface area contributed by atoms with Crippen LogP contribution in [0.25, 0.3) is 29.0 Å². The van der Waals surface area contributed by atoms with Crippen LogP contribution in [0, 0.1) is 0 Å². The largest absolute Gasteiger partial charge is 0.352 e. The van der Waals surface area contributed by atoms with Crippen molar-refractivity contribution >= 4 is 40.3 Å². The lowest BCUT2D eigenvalue weighted by Gasteiger charge is -1.91. The Bertz CT molecular complexity index is 869. The molecule has 6 heteroatoms. The summed E-state index contributed by atoms with van der Waals surface area (Å²) in [6.45, 7) is 0. The topological polar surface area (TPSA) is 58.9 Å². The minimum Gasteiger partial charge on any atom is -0.352 e. The SMILES string of the molecule is C(=Cc1cccs1)c1cc2c(cnc3ncnn32)[nH]1. The van der Waals surface area contributed by atoms with Gasteiger partial charge in [0.25, 0.3) is 5.78 Å². The number of hydrogen-bond donors (Lipinski definition) is 1. The Morgan fingerprint density at radius 3 is 3.16 bits per heavy atom. The van der Waals surface area contributed by atoms with Crippen molar-refractivity contribution in [1.29, 1.82) is 0 Å². The van der Waals surface area contributed by atoms with E-state index in [-0.39, 0.29) is 0 Å². The lowest BCUT2D eigenvalue weighted by Crippen LogP contribution is -1.90. The molecule has 19 heavy (non-hydrogen) atoms. The lowest BCUT2D eigenvalue weighted by molar-refractivity contribution is 0.984. The fourth-order valence-corrected chi connectivity index (χ4v) is 2.64. The highest BCUT2D eigenvalue weighted by atomic mass is 32.1. The fraction of sp³-hybridized carbons (Fsp3) is 0. The number of hydrogen-bond acceptors (Lipinski definition) is 4. The van der Waals surface area contributed by atoms with Crippen molar-refractivity contribution < 1.29 is 0 Å². The minimum absolute atomic E-state index is 0.611. The average Bonchev–Trinajstić information content (AvgIpc) is 3.15. The summed E-state index contributed by atoms with van der Waals surface area (Å²) in [5, 5.41) is 6.23. The van der Waals surface area contributed by atoms with Crippen LogP contribution in [0.15, 0.2) is 36.1 Å². The summed E-state index contributed by atoms with van der Waals surface area (Å²) in [5.74, 6) is 0.611. The molecule has 4 rings (SSSR count). The molecule has 0 unspecified atom stereocenters. The van der Waals surface area contributed by atoms with E-state index in [9.17, 15) is 0 Å². The van der Waals surface area contributed by atoms with Crippen LogP contribution in [0.1, 0.15) is 10.6 Å². The normalized spacial score (nSPS) is 12.0. The van der Waals surface area contributed by atoms with Crippen molar-refractivity contribution in [1.82, 2.24) is 24.6 Å². The molecule has 0 amide bonds. The van der Waals surface area contributed by atoms with Crippen LogP contribution in [0.5, 0.6) is 0 Å². The quantitative estimate of drug-likeness (QED) is 0.607. The van der Waals surface area contributed by atoms with Crippen molar-refractivity contribution in [2.24, 2.45) is 0 Å². The number of fused-ring (bicyclic) bond motifs is 3. The van der Waals surface area contributed by atoms with Crippen molar-refractivity contribution in [2.45, 2.75) is 0 Å². The number of rotatable bonds is 2. The van der Waals surface area contributed by atoms with Gasteiger partial charge in [0.15, 0.2) is 0 Å². The summed E-state index contributed by atoms with van der Waals surface area (Å²) in [4.78, 5) is 12.8. The molecule has 0 spiro atoms. The van der Waals surface area contributed by atoms with Gasteiger partial charge < -0.3 is 4.98 Å². The van der Waals surface area contributed by atoms with Gasteiger partial charge in [0, 0.05) is 10.6 Å². The van der Waals surface area contributed by atoms with Crippen LogP contribution in [-0.2, 0) is 0 Å². The van der Waals surface area contributed by atoms with Crippen LogP contribution in [0.4, 0.5) is 0 Å². The van der Waals surface area contributed by atoms with Gasteiger partial charge in [0.1, 0.15) is 6.33 Å². The van der Waals surface area contributed by atoms with Gasteiger partial charge in [-0.3, -0.25) is 0 Å². The summed E-state index contributed by atoms with van der Waals surface area (Å²) in [6.07, 6.45) is 7.42. The van der Waals surface area contributed by atoms with Crippen molar-refractivity contribution in [3.8, 4) is 0 Å². The number of aromatic amines is 1. The predicted octanol–water partition coefficient (Wildman–Crippen LogP) is 2.84. The second-order valence-electron chi connectivity index (χ2n) is 4.10. The van der Waals surface area contributed by atoms with Crippen molar-refractivity contribution in [2.75, 3.05) is 0 Å². The van der Waals surface area contributed by atoms with E-state index in [0.29, 0.717) is 5.78 Å². The first kappa shape index (κ1) is 10.5. The van der Waals surface area contributed by atoms with E-state index in [4.69, 9.17) is 0 Å². The highest BCUT2D eigenvalue weighted by molar-refractivity contribution is 7.10. The second-order valence-corrected chi connectivity index (χ2v) is 5.08. The Hall–Kier alpha value is -2.47. The third kappa shape index (κ3) is 1.73. The monoisotopic (exact) mass is 267 g/mol. The Kier molecular flexibility index (Phi) is 2.22. The van der Waals surface area contributed by atoms with E-state index in [2.05, 4.69) is 43.6 Å². The van der Waals surface area contributed by atoms with Gasteiger partial charge in [-0.15, -0.1) is 11.3 Å². The standard InChI is InChI=1S/C13H9N5S/c1-2-10(19-5-1)4-3-9-6-12-11(17-9)7-14-13-15-8-16-18(12)13/h1-8,17H. The first-order valence-electron chi connectivity index (χ1n) is 5.79. The van der Waals surface area contributed by atoms with Crippen LogP contribution in [0.2, 0.25) is 0 Å². The molecule has 0 fully saturated rings. The number of aromatic nitrogens is 5.